The van der Waals surface area contributed by atoms with Crippen LogP contribution < -0.4 is 5.32 Å². The molecule has 1 amide bonds. The van der Waals surface area contributed by atoms with E-state index in [9.17, 15) is 14.7 Å². The predicted octanol–water partition coefficient (Wildman–Crippen LogP) is 1.92. The van der Waals surface area contributed by atoms with E-state index in [1.54, 1.807) is 0 Å². The summed E-state index contributed by atoms with van der Waals surface area (Å²) in [4.78, 5) is 25.1. The van der Waals surface area contributed by atoms with Gasteiger partial charge in [0, 0.05) is 31.7 Å². The van der Waals surface area contributed by atoms with Gasteiger partial charge in [0.25, 0.3) is 5.91 Å². The van der Waals surface area contributed by atoms with E-state index in [-0.39, 0.29) is 11.5 Å². The summed E-state index contributed by atoms with van der Waals surface area (Å²) in [5.74, 6) is -1.29. The molecule has 1 atom stereocenters. The molecule has 6 nitrogen and oxygen atoms in total. The van der Waals surface area contributed by atoms with Gasteiger partial charge in [-0.25, -0.2) is 4.79 Å². The van der Waals surface area contributed by atoms with Gasteiger partial charge in [0.05, 0.1) is 11.7 Å². The maximum atomic E-state index is 12.1. The van der Waals surface area contributed by atoms with E-state index in [0.29, 0.717) is 25.1 Å². The molecule has 6 heteroatoms. The Balaban J connectivity index is 1.41. The van der Waals surface area contributed by atoms with Crippen molar-refractivity contribution in [1.82, 2.24) is 10.2 Å². The molecule has 0 aromatic heterocycles. The third kappa shape index (κ3) is 5.15. The van der Waals surface area contributed by atoms with Crippen LogP contribution in [0.3, 0.4) is 0 Å². The first-order chi connectivity index (χ1) is 13.0. The predicted molar refractivity (Wildman–Crippen MR) is 102 cm³/mol. The number of nitrogens with one attached hydrogen (secondary N) is 1. The zero-order valence-corrected chi connectivity index (χ0v) is 15.1. The normalized spacial score (nSPS) is 15.0. The van der Waals surface area contributed by atoms with Gasteiger partial charge in [0.15, 0.2) is 0 Å². The molecule has 2 aromatic rings. The average Bonchev–Trinajstić information content (AvgIpc) is 2.68. The Bertz CT molecular complexity index is 804. The Morgan fingerprint density at radius 3 is 2.41 bits per heavy atom. The van der Waals surface area contributed by atoms with Crippen LogP contribution in [0.2, 0.25) is 0 Å². The molecule has 3 rings (SSSR count). The van der Waals surface area contributed by atoms with Gasteiger partial charge < -0.3 is 15.5 Å². The van der Waals surface area contributed by atoms with Crippen LogP contribution in [0.15, 0.2) is 48.5 Å². The number of carboxylic acids is 1. The molecule has 1 unspecified atom stereocenters. The molecular weight excluding hydrogens is 344 g/mol. The van der Waals surface area contributed by atoms with E-state index in [1.807, 2.05) is 6.07 Å². The number of hydrogen-bond acceptors (Lipinski definition) is 4. The van der Waals surface area contributed by atoms with Gasteiger partial charge in [-0.3, -0.25) is 9.69 Å². The fourth-order valence-corrected chi connectivity index (χ4v) is 3.32. The smallest absolute Gasteiger partial charge is 0.335 e. The Morgan fingerprint density at radius 1 is 1.04 bits per heavy atom. The van der Waals surface area contributed by atoms with E-state index in [4.69, 9.17) is 5.11 Å². The number of β-amino-alcohol motifs (C(OH)–C–C–N with tert-alkyl or cyclic N) is 1. The monoisotopic (exact) mass is 368 g/mol. The Kier molecular flexibility index (Phi) is 6.21. The first kappa shape index (κ1) is 19.1. The van der Waals surface area contributed by atoms with Crippen molar-refractivity contribution >= 4 is 11.9 Å². The van der Waals surface area contributed by atoms with Crippen LogP contribution in [-0.4, -0.2) is 52.7 Å². The highest BCUT2D eigenvalue weighted by Gasteiger charge is 2.18. The van der Waals surface area contributed by atoms with E-state index in [2.05, 4.69) is 28.4 Å². The summed E-state index contributed by atoms with van der Waals surface area (Å²) in [5.41, 5.74) is 3.24. The topological polar surface area (TPSA) is 89.9 Å². The number of aliphatic hydroxyl groups excluding tert-OH is 1. The largest absolute Gasteiger partial charge is 0.478 e. The average molecular weight is 368 g/mol. The van der Waals surface area contributed by atoms with Crippen LogP contribution in [0.5, 0.6) is 0 Å². The molecule has 0 saturated carbocycles. The third-order valence-electron chi connectivity index (χ3n) is 4.84. The lowest BCUT2D eigenvalue weighted by Gasteiger charge is -2.30. The number of carbonyl (C=O) groups is 2. The lowest BCUT2D eigenvalue weighted by atomic mass is 9.99. The summed E-state index contributed by atoms with van der Waals surface area (Å²) in [6.45, 7) is 2.72. The highest BCUT2D eigenvalue weighted by molar-refractivity contribution is 5.95. The van der Waals surface area contributed by atoms with Gasteiger partial charge in [-0.15, -0.1) is 0 Å². The highest BCUT2D eigenvalue weighted by Crippen LogP contribution is 2.18. The summed E-state index contributed by atoms with van der Waals surface area (Å²) in [5, 5.41) is 21.9. The van der Waals surface area contributed by atoms with E-state index >= 15 is 0 Å². The van der Waals surface area contributed by atoms with E-state index in [0.717, 1.165) is 19.5 Å². The van der Waals surface area contributed by atoms with Crippen LogP contribution >= 0.6 is 0 Å². The van der Waals surface area contributed by atoms with Gasteiger partial charge in [0.2, 0.25) is 0 Å². The molecule has 142 valence electrons. The molecule has 27 heavy (non-hydrogen) atoms. The number of nitrogens with zero attached hydrogens (tertiary/aromatic N) is 1. The number of aliphatic hydroxyl groups is 1. The lowest BCUT2D eigenvalue weighted by Crippen LogP contribution is -2.38. The molecule has 1 aliphatic rings. The van der Waals surface area contributed by atoms with Crippen molar-refractivity contribution < 1.29 is 19.8 Å². The Labute approximate surface area is 158 Å². The summed E-state index contributed by atoms with van der Waals surface area (Å²) >= 11 is 0. The summed E-state index contributed by atoms with van der Waals surface area (Å²) in [6.07, 6.45) is 0.952. The van der Waals surface area contributed by atoms with Crippen LogP contribution in [0.25, 0.3) is 0 Å². The molecule has 1 aliphatic heterocycles. The Hall–Kier alpha value is -2.70. The summed E-state index contributed by atoms with van der Waals surface area (Å²) in [6, 6.07) is 14.2. The van der Waals surface area contributed by atoms with Crippen LogP contribution in [0.1, 0.15) is 38.3 Å². The van der Waals surface area contributed by atoms with Crippen LogP contribution in [0, 0.1) is 0 Å². The van der Waals surface area contributed by atoms with E-state index < -0.39 is 12.1 Å². The fraction of sp³-hybridized carbons (Fsp3) is 0.333. The van der Waals surface area contributed by atoms with Crippen molar-refractivity contribution in [1.29, 1.82) is 0 Å². The molecule has 0 spiro atoms. The molecular formula is C21H24N2O4. The number of hydrogen-bond donors (Lipinski definition) is 3. The van der Waals surface area contributed by atoms with Crippen LogP contribution in [-0.2, 0) is 13.0 Å². The van der Waals surface area contributed by atoms with Gasteiger partial charge >= 0.3 is 5.97 Å². The second kappa shape index (κ2) is 8.79. The standard InChI is InChI=1S/C21H24N2O4/c24-19(14-23-12-10-15-3-1-2-4-18(15)13-23)9-11-22-20(25)16-5-7-17(8-6-16)21(26)27/h1-8,19,24H,9-14H2,(H,22,25)(H,26,27). The van der Waals surface area contributed by atoms with Crippen LogP contribution in [0.4, 0.5) is 0 Å². The zero-order valence-electron chi connectivity index (χ0n) is 15.1. The first-order valence-corrected chi connectivity index (χ1v) is 9.11. The fourth-order valence-electron chi connectivity index (χ4n) is 3.32. The van der Waals surface area contributed by atoms with Crippen molar-refractivity contribution in [2.45, 2.75) is 25.5 Å². The summed E-state index contributed by atoms with van der Waals surface area (Å²) in [7, 11) is 0. The molecule has 0 radical (unpaired) electrons. The lowest BCUT2D eigenvalue weighted by molar-refractivity contribution is 0.0696. The van der Waals surface area contributed by atoms with Crippen molar-refractivity contribution in [3.05, 3.63) is 70.8 Å². The number of carbonyl (C=O) groups excluding carboxylic acids is 1. The second-order valence-electron chi connectivity index (χ2n) is 6.83. The molecule has 0 fully saturated rings. The van der Waals surface area contributed by atoms with Crippen molar-refractivity contribution in [2.75, 3.05) is 19.6 Å². The first-order valence-electron chi connectivity index (χ1n) is 9.11. The van der Waals surface area contributed by atoms with Crippen molar-refractivity contribution in [2.24, 2.45) is 0 Å². The molecule has 0 aliphatic carbocycles. The number of carboxylic acid groups (broad SMARTS) is 1. The van der Waals surface area contributed by atoms with Gasteiger partial charge in [0.1, 0.15) is 0 Å². The third-order valence-corrected chi connectivity index (χ3v) is 4.84. The number of aromatic carboxylic acids is 1. The maximum absolute atomic E-state index is 12.1. The van der Waals surface area contributed by atoms with Crippen molar-refractivity contribution in [3.63, 3.8) is 0 Å². The number of amides is 1. The van der Waals surface area contributed by atoms with E-state index in [1.165, 1.54) is 35.4 Å². The minimum Gasteiger partial charge on any atom is -0.478 e. The number of benzene rings is 2. The summed E-state index contributed by atoms with van der Waals surface area (Å²) < 4.78 is 0. The SMILES string of the molecule is O=C(O)c1ccc(C(=O)NCCC(O)CN2CCc3ccccc3C2)cc1. The minimum atomic E-state index is -1.02. The van der Waals surface area contributed by atoms with Crippen molar-refractivity contribution in [3.8, 4) is 0 Å². The second-order valence-corrected chi connectivity index (χ2v) is 6.83. The maximum Gasteiger partial charge on any atom is 0.335 e. The van der Waals surface area contributed by atoms with Gasteiger partial charge in [-0.2, -0.15) is 0 Å². The minimum absolute atomic E-state index is 0.144. The Morgan fingerprint density at radius 2 is 1.70 bits per heavy atom. The number of fused-ring (bicyclic) bond motifs is 1. The quantitative estimate of drug-likeness (QED) is 0.695. The molecule has 1 heterocycles. The van der Waals surface area contributed by atoms with Gasteiger partial charge in [-0.05, 0) is 48.2 Å². The molecule has 0 bridgehead atoms. The molecule has 0 saturated heterocycles. The number of rotatable bonds is 7. The molecule has 2 aromatic carbocycles. The van der Waals surface area contributed by atoms with Gasteiger partial charge in [-0.1, -0.05) is 24.3 Å². The zero-order chi connectivity index (χ0) is 19.2. The molecule has 3 N–H and O–H groups in total. The highest BCUT2D eigenvalue weighted by atomic mass is 16.4.